The third kappa shape index (κ3) is 2.03. The molecule has 24 heavy (non-hydrogen) atoms. The number of rotatable bonds is 1. The van der Waals surface area contributed by atoms with Gasteiger partial charge < -0.3 is 10.8 Å². The number of aryl methyl sites for hydroxylation is 1. The van der Waals surface area contributed by atoms with Crippen molar-refractivity contribution in [3.8, 4) is 22.9 Å². The van der Waals surface area contributed by atoms with Gasteiger partial charge in [-0.2, -0.15) is 5.26 Å². The van der Waals surface area contributed by atoms with Crippen LogP contribution in [0.4, 0.5) is 5.82 Å². The molecule has 0 radical (unpaired) electrons. The zero-order valence-corrected chi connectivity index (χ0v) is 12.9. The molecule has 2 heterocycles. The number of anilines is 1. The maximum Gasteiger partial charge on any atom is 0.332 e. The average Bonchev–Trinajstić information content (AvgIpc) is 2.57. The summed E-state index contributed by atoms with van der Waals surface area (Å²) in [6.45, 7) is 0. The molecule has 0 aliphatic rings. The van der Waals surface area contributed by atoms with Crippen molar-refractivity contribution in [3.05, 3.63) is 50.7 Å². The predicted molar refractivity (Wildman–Crippen MR) is 88.5 cm³/mol. The van der Waals surface area contributed by atoms with Crippen molar-refractivity contribution in [1.82, 2.24) is 14.1 Å². The van der Waals surface area contributed by atoms with Crippen molar-refractivity contribution in [1.29, 1.82) is 5.26 Å². The standard InChI is InChI=1S/C16H13N5O3/c1-20-14-12(15(23)21(2)16(20)24)11(10(7-17)13(18)19-14)8-4-3-5-9(22)6-8/h3-6,22H,1-2H3,(H2,18,19). The van der Waals surface area contributed by atoms with Crippen LogP contribution in [0.2, 0.25) is 0 Å². The van der Waals surface area contributed by atoms with Gasteiger partial charge in [-0.05, 0) is 17.7 Å². The van der Waals surface area contributed by atoms with Gasteiger partial charge in [-0.1, -0.05) is 12.1 Å². The predicted octanol–water partition coefficient (Wildman–Crippen LogP) is 0.459. The van der Waals surface area contributed by atoms with Gasteiger partial charge in [0, 0.05) is 19.7 Å². The third-order valence-electron chi connectivity index (χ3n) is 3.86. The molecule has 120 valence electrons. The van der Waals surface area contributed by atoms with Crippen LogP contribution in [0.25, 0.3) is 22.2 Å². The van der Waals surface area contributed by atoms with Crippen molar-refractivity contribution in [3.63, 3.8) is 0 Å². The quantitative estimate of drug-likeness (QED) is 0.669. The summed E-state index contributed by atoms with van der Waals surface area (Å²) in [4.78, 5) is 28.8. The van der Waals surface area contributed by atoms with E-state index in [0.717, 1.165) is 4.57 Å². The molecule has 0 bridgehead atoms. The minimum Gasteiger partial charge on any atom is -0.508 e. The normalized spacial score (nSPS) is 10.7. The zero-order chi connectivity index (χ0) is 17.6. The number of benzene rings is 1. The van der Waals surface area contributed by atoms with E-state index in [0.29, 0.717) is 5.56 Å². The molecule has 0 atom stereocenters. The number of phenolic OH excluding ortho intramolecular Hbond substituents is 1. The number of pyridine rings is 1. The van der Waals surface area contributed by atoms with Crippen LogP contribution in [-0.4, -0.2) is 19.2 Å². The highest BCUT2D eigenvalue weighted by Gasteiger charge is 2.21. The van der Waals surface area contributed by atoms with Crippen LogP contribution in [0.15, 0.2) is 33.9 Å². The van der Waals surface area contributed by atoms with Gasteiger partial charge in [0.15, 0.2) is 5.65 Å². The molecule has 0 aliphatic heterocycles. The van der Waals surface area contributed by atoms with Crippen molar-refractivity contribution >= 4 is 16.9 Å². The minimum absolute atomic E-state index is 0.0175. The average molecular weight is 323 g/mol. The van der Waals surface area contributed by atoms with Crippen LogP contribution in [0.1, 0.15) is 5.56 Å². The number of hydrogen-bond donors (Lipinski definition) is 2. The van der Waals surface area contributed by atoms with Gasteiger partial charge in [0.1, 0.15) is 23.2 Å². The van der Waals surface area contributed by atoms with Crippen LogP contribution < -0.4 is 17.0 Å². The summed E-state index contributed by atoms with van der Waals surface area (Å²) >= 11 is 0. The van der Waals surface area contributed by atoms with Crippen molar-refractivity contribution in [2.75, 3.05) is 5.73 Å². The Balaban J connectivity index is 2.68. The van der Waals surface area contributed by atoms with Crippen LogP contribution in [0.5, 0.6) is 5.75 Å². The molecule has 8 nitrogen and oxygen atoms in total. The number of nitrogens with zero attached hydrogens (tertiary/aromatic N) is 4. The molecule has 3 aromatic rings. The Bertz CT molecular complexity index is 1150. The summed E-state index contributed by atoms with van der Waals surface area (Å²) in [6, 6.07) is 8.06. The Kier molecular flexibility index (Phi) is 3.34. The van der Waals surface area contributed by atoms with Gasteiger partial charge in [-0.3, -0.25) is 13.9 Å². The monoisotopic (exact) mass is 323 g/mol. The second-order valence-electron chi connectivity index (χ2n) is 5.31. The van der Waals surface area contributed by atoms with Gasteiger partial charge in [-0.25, -0.2) is 9.78 Å². The molecular formula is C16H13N5O3. The molecule has 0 amide bonds. The molecule has 0 saturated heterocycles. The fourth-order valence-electron chi connectivity index (χ4n) is 2.67. The summed E-state index contributed by atoms with van der Waals surface area (Å²) in [5.74, 6) is -0.117. The highest BCUT2D eigenvalue weighted by molar-refractivity contribution is 5.98. The molecule has 8 heteroatoms. The Morgan fingerprint density at radius 1 is 1.25 bits per heavy atom. The SMILES string of the molecule is Cn1c(=O)c2c(-c3cccc(O)c3)c(C#N)c(N)nc2n(C)c1=O. The van der Waals surface area contributed by atoms with E-state index < -0.39 is 11.2 Å². The summed E-state index contributed by atoms with van der Waals surface area (Å²) in [5.41, 5.74) is 5.50. The minimum atomic E-state index is -0.588. The van der Waals surface area contributed by atoms with E-state index in [4.69, 9.17) is 5.73 Å². The van der Waals surface area contributed by atoms with Gasteiger partial charge in [-0.15, -0.1) is 0 Å². The van der Waals surface area contributed by atoms with E-state index >= 15 is 0 Å². The summed E-state index contributed by atoms with van der Waals surface area (Å²) < 4.78 is 2.13. The van der Waals surface area contributed by atoms with Gasteiger partial charge in [0.05, 0.1) is 5.39 Å². The molecule has 1 aromatic carbocycles. The van der Waals surface area contributed by atoms with E-state index in [2.05, 4.69) is 4.98 Å². The van der Waals surface area contributed by atoms with Crippen molar-refractivity contribution < 1.29 is 5.11 Å². The molecule has 0 fully saturated rings. The summed E-state index contributed by atoms with van der Waals surface area (Å²) in [6.07, 6.45) is 0. The fraction of sp³-hybridized carbons (Fsp3) is 0.125. The topological polar surface area (TPSA) is 127 Å². The van der Waals surface area contributed by atoms with Crippen LogP contribution >= 0.6 is 0 Å². The zero-order valence-electron chi connectivity index (χ0n) is 12.9. The van der Waals surface area contributed by atoms with E-state index in [1.54, 1.807) is 12.1 Å². The second-order valence-corrected chi connectivity index (χ2v) is 5.31. The molecule has 0 saturated carbocycles. The first kappa shape index (κ1) is 15.3. The number of nitrogen functional groups attached to an aromatic ring is 1. The molecule has 2 aromatic heterocycles. The van der Waals surface area contributed by atoms with E-state index in [1.807, 2.05) is 6.07 Å². The number of aromatic hydroxyl groups is 1. The lowest BCUT2D eigenvalue weighted by Crippen LogP contribution is -2.37. The number of aromatic nitrogens is 3. The molecule has 0 aliphatic carbocycles. The molecule has 0 spiro atoms. The lowest BCUT2D eigenvalue weighted by Gasteiger charge is -2.13. The van der Waals surface area contributed by atoms with E-state index in [1.165, 1.54) is 30.8 Å². The number of hydrogen-bond acceptors (Lipinski definition) is 6. The molecule has 0 unspecified atom stereocenters. The van der Waals surface area contributed by atoms with Crippen LogP contribution in [0, 0.1) is 11.3 Å². The van der Waals surface area contributed by atoms with Gasteiger partial charge in [0.2, 0.25) is 0 Å². The van der Waals surface area contributed by atoms with Gasteiger partial charge >= 0.3 is 5.69 Å². The highest BCUT2D eigenvalue weighted by Crippen LogP contribution is 2.33. The maximum atomic E-state index is 12.7. The first-order chi connectivity index (χ1) is 11.4. The Morgan fingerprint density at radius 2 is 1.96 bits per heavy atom. The third-order valence-corrected chi connectivity index (χ3v) is 3.86. The number of fused-ring (bicyclic) bond motifs is 1. The molecule has 3 rings (SSSR count). The van der Waals surface area contributed by atoms with Crippen molar-refractivity contribution in [2.24, 2.45) is 14.1 Å². The van der Waals surface area contributed by atoms with Crippen LogP contribution in [-0.2, 0) is 14.1 Å². The second kappa shape index (κ2) is 5.24. The molecular weight excluding hydrogens is 310 g/mol. The lowest BCUT2D eigenvalue weighted by molar-refractivity contribution is 0.475. The van der Waals surface area contributed by atoms with Crippen molar-refractivity contribution in [2.45, 2.75) is 0 Å². The largest absolute Gasteiger partial charge is 0.508 e. The number of nitrogens with two attached hydrogens (primary N) is 1. The summed E-state index contributed by atoms with van der Waals surface area (Å²) in [7, 11) is 2.81. The first-order valence-electron chi connectivity index (χ1n) is 6.95. The summed E-state index contributed by atoms with van der Waals surface area (Å²) in [5, 5.41) is 19.3. The Morgan fingerprint density at radius 3 is 2.58 bits per heavy atom. The Labute approximate surface area is 135 Å². The number of nitriles is 1. The maximum absolute atomic E-state index is 12.7. The van der Waals surface area contributed by atoms with Gasteiger partial charge in [0.25, 0.3) is 5.56 Å². The van der Waals surface area contributed by atoms with E-state index in [9.17, 15) is 20.0 Å². The first-order valence-corrected chi connectivity index (χ1v) is 6.95. The fourth-order valence-corrected chi connectivity index (χ4v) is 2.67. The lowest BCUT2D eigenvalue weighted by atomic mass is 9.97. The molecule has 3 N–H and O–H groups in total. The highest BCUT2D eigenvalue weighted by atomic mass is 16.3. The van der Waals surface area contributed by atoms with Crippen LogP contribution in [0.3, 0.4) is 0 Å². The smallest absolute Gasteiger partial charge is 0.332 e. The van der Waals surface area contributed by atoms with E-state index in [-0.39, 0.29) is 33.7 Å². The number of phenols is 1. The Hall–Kier alpha value is -3.60.